The molecule has 0 saturated heterocycles. The van der Waals surface area contributed by atoms with E-state index >= 15 is 0 Å². The van der Waals surface area contributed by atoms with E-state index in [1.165, 1.54) is 13.2 Å². The van der Waals surface area contributed by atoms with E-state index in [1.54, 1.807) is 17.4 Å². The Hall–Kier alpha value is -0.910. The van der Waals surface area contributed by atoms with Gasteiger partial charge < -0.3 is 10.1 Å². The summed E-state index contributed by atoms with van der Waals surface area (Å²) in [6.07, 6.45) is 1.02. The van der Waals surface area contributed by atoms with E-state index in [0.29, 0.717) is 0 Å². The first-order chi connectivity index (χ1) is 9.67. The van der Waals surface area contributed by atoms with E-state index in [-0.39, 0.29) is 17.6 Å². The maximum absolute atomic E-state index is 13.9. The minimum absolute atomic E-state index is 0.0176. The van der Waals surface area contributed by atoms with Gasteiger partial charge in [-0.2, -0.15) is 11.3 Å². The molecule has 1 aromatic carbocycles. The minimum Gasteiger partial charge on any atom is -0.494 e. The summed E-state index contributed by atoms with van der Waals surface area (Å²) < 4.78 is 19.9. The predicted molar refractivity (Wildman–Crippen MR) is 85.1 cm³/mol. The zero-order valence-corrected chi connectivity index (χ0v) is 13.9. The number of nitrogens with one attached hydrogen (secondary N) is 1. The van der Waals surface area contributed by atoms with Crippen LogP contribution in [-0.2, 0) is 0 Å². The maximum Gasteiger partial charge on any atom is 0.165 e. The molecule has 0 aliphatic carbocycles. The molecule has 2 rings (SSSR count). The van der Waals surface area contributed by atoms with Gasteiger partial charge in [-0.1, -0.05) is 13.0 Å². The molecule has 0 fully saturated rings. The molecule has 2 nitrogen and oxygen atoms in total. The van der Waals surface area contributed by atoms with Crippen LogP contribution in [0.5, 0.6) is 5.75 Å². The summed E-state index contributed by atoms with van der Waals surface area (Å²) >= 11 is 5.18. The molecule has 0 aliphatic heterocycles. The highest BCUT2D eigenvalue weighted by Gasteiger charge is 2.18. The highest BCUT2D eigenvalue weighted by molar-refractivity contribution is 9.10. The molecule has 0 bridgehead atoms. The summed E-state index contributed by atoms with van der Waals surface area (Å²) in [4.78, 5) is 0. The monoisotopic (exact) mass is 357 g/mol. The average molecular weight is 358 g/mol. The van der Waals surface area contributed by atoms with Crippen molar-refractivity contribution in [3.8, 4) is 5.75 Å². The molecule has 1 aromatic heterocycles. The molecule has 1 heterocycles. The van der Waals surface area contributed by atoms with Crippen LogP contribution in [0.15, 0.2) is 33.4 Å². The molecule has 2 aromatic rings. The van der Waals surface area contributed by atoms with Gasteiger partial charge in [0, 0.05) is 9.85 Å². The average Bonchev–Trinajstić information content (AvgIpc) is 2.86. The van der Waals surface area contributed by atoms with Crippen LogP contribution in [0.25, 0.3) is 0 Å². The summed E-state index contributed by atoms with van der Waals surface area (Å²) in [7, 11) is 1.47. The minimum atomic E-state index is -0.334. The quantitative estimate of drug-likeness (QED) is 0.805. The number of hydrogen-bond donors (Lipinski definition) is 1. The highest BCUT2D eigenvalue weighted by Crippen LogP contribution is 2.33. The zero-order valence-electron chi connectivity index (χ0n) is 11.5. The Kier molecular flexibility index (Phi) is 5.57. The lowest BCUT2D eigenvalue weighted by atomic mass is 10.0. The van der Waals surface area contributed by atoms with Crippen molar-refractivity contribution in [1.29, 1.82) is 0 Å². The molecule has 108 valence electrons. The Bertz CT molecular complexity index is 573. The topological polar surface area (TPSA) is 21.3 Å². The summed E-state index contributed by atoms with van der Waals surface area (Å²) in [5, 5.41) is 7.58. The Morgan fingerprint density at radius 2 is 2.20 bits per heavy atom. The second-order valence-corrected chi connectivity index (χ2v) is 6.05. The van der Waals surface area contributed by atoms with Gasteiger partial charge in [-0.15, -0.1) is 0 Å². The van der Waals surface area contributed by atoms with Crippen LogP contribution in [0.3, 0.4) is 0 Å². The fourth-order valence-electron chi connectivity index (χ4n) is 2.06. The predicted octanol–water partition coefficient (Wildman–Crippen LogP) is 4.75. The number of hydrogen-bond acceptors (Lipinski definition) is 3. The molecule has 1 N–H and O–H groups in total. The second-order valence-electron chi connectivity index (χ2n) is 4.46. The van der Waals surface area contributed by atoms with Crippen molar-refractivity contribution in [1.82, 2.24) is 5.32 Å². The SMILES string of the molecule is CCCNC(c1ccc(OC)c(F)c1)c1cscc1Br. The molecular weight excluding hydrogens is 341 g/mol. The van der Waals surface area contributed by atoms with Crippen molar-refractivity contribution < 1.29 is 9.13 Å². The van der Waals surface area contributed by atoms with Gasteiger partial charge in [-0.25, -0.2) is 4.39 Å². The first kappa shape index (κ1) is 15.5. The number of thiophene rings is 1. The van der Waals surface area contributed by atoms with Gasteiger partial charge in [0.25, 0.3) is 0 Å². The van der Waals surface area contributed by atoms with E-state index in [2.05, 4.69) is 33.6 Å². The molecule has 0 radical (unpaired) electrons. The first-order valence-corrected chi connectivity index (χ1v) is 8.19. The highest BCUT2D eigenvalue weighted by atomic mass is 79.9. The van der Waals surface area contributed by atoms with Crippen molar-refractivity contribution >= 4 is 27.3 Å². The molecular formula is C15H17BrFNOS. The Balaban J connectivity index is 2.36. The van der Waals surface area contributed by atoms with E-state index < -0.39 is 0 Å². The molecule has 0 aliphatic rings. The van der Waals surface area contributed by atoms with Gasteiger partial charge in [0.05, 0.1) is 13.2 Å². The standard InChI is InChI=1S/C15H17BrFNOS/c1-3-6-18-15(11-8-20-9-12(11)16)10-4-5-14(19-2)13(17)7-10/h4-5,7-9,15,18H,3,6H2,1-2H3. The summed E-state index contributed by atoms with van der Waals surface area (Å²) in [5.74, 6) is -0.0629. The molecule has 5 heteroatoms. The lowest BCUT2D eigenvalue weighted by Gasteiger charge is -2.19. The van der Waals surface area contributed by atoms with Crippen molar-refractivity contribution in [3.63, 3.8) is 0 Å². The smallest absolute Gasteiger partial charge is 0.165 e. The third-order valence-electron chi connectivity index (χ3n) is 3.06. The van der Waals surface area contributed by atoms with Crippen LogP contribution in [0.2, 0.25) is 0 Å². The summed E-state index contributed by atoms with van der Waals surface area (Å²) in [6, 6.07) is 5.09. The van der Waals surface area contributed by atoms with Gasteiger partial charge in [-0.05, 0) is 57.5 Å². The number of benzene rings is 1. The summed E-state index contributed by atoms with van der Waals surface area (Å²) in [6.45, 7) is 2.99. The molecule has 0 amide bonds. The van der Waals surface area contributed by atoms with Gasteiger partial charge >= 0.3 is 0 Å². The van der Waals surface area contributed by atoms with Crippen LogP contribution in [0.4, 0.5) is 4.39 Å². The van der Waals surface area contributed by atoms with Gasteiger partial charge in [0.2, 0.25) is 0 Å². The summed E-state index contributed by atoms with van der Waals surface area (Å²) in [5.41, 5.74) is 2.03. The Labute approximate surface area is 131 Å². The number of halogens is 2. The second kappa shape index (κ2) is 7.20. The van der Waals surface area contributed by atoms with E-state index in [4.69, 9.17) is 4.74 Å². The first-order valence-electron chi connectivity index (χ1n) is 6.45. The Morgan fingerprint density at radius 3 is 2.75 bits per heavy atom. The largest absolute Gasteiger partial charge is 0.494 e. The number of ether oxygens (including phenoxy) is 1. The van der Waals surface area contributed by atoms with Gasteiger partial charge in [0.15, 0.2) is 11.6 Å². The van der Waals surface area contributed by atoms with E-state index in [1.807, 2.05) is 11.4 Å². The van der Waals surface area contributed by atoms with Crippen molar-refractivity contribution in [3.05, 3.63) is 50.4 Å². The van der Waals surface area contributed by atoms with Gasteiger partial charge in [-0.3, -0.25) is 0 Å². The van der Waals surface area contributed by atoms with Crippen molar-refractivity contribution in [2.45, 2.75) is 19.4 Å². The van der Waals surface area contributed by atoms with Gasteiger partial charge in [0.1, 0.15) is 0 Å². The number of methoxy groups -OCH3 is 1. The molecule has 0 spiro atoms. The lowest BCUT2D eigenvalue weighted by molar-refractivity contribution is 0.385. The van der Waals surface area contributed by atoms with Crippen LogP contribution in [0.1, 0.15) is 30.5 Å². The van der Waals surface area contributed by atoms with Crippen LogP contribution >= 0.6 is 27.3 Å². The molecule has 20 heavy (non-hydrogen) atoms. The molecule has 1 atom stereocenters. The van der Waals surface area contributed by atoms with Crippen LogP contribution in [0, 0.1) is 5.82 Å². The fraction of sp³-hybridized carbons (Fsp3) is 0.333. The van der Waals surface area contributed by atoms with E-state index in [9.17, 15) is 4.39 Å². The maximum atomic E-state index is 13.9. The number of rotatable bonds is 6. The lowest BCUT2D eigenvalue weighted by Crippen LogP contribution is -2.23. The van der Waals surface area contributed by atoms with Crippen molar-refractivity contribution in [2.24, 2.45) is 0 Å². The third kappa shape index (κ3) is 3.40. The third-order valence-corrected chi connectivity index (χ3v) is 4.81. The van der Waals surface area contributed by atoms with Crippen LogP contribution < -0.4 is 10.1 Å². The fourth-order valence-corrected chi connectivity index (χ4v) is 3.61. The molecule has 0 saturated carbocycles. The van der Waals surface area contributed by atoms with Crippen molar-refractivity contribution in [2.75, 3.05) is 13.7 Å². The zero-order chi connectivity index (χ0) is 14.5. The normalized spacial score (nSPS) is 12.4. The molecule has 1 unspecified atom stereocenters. The van der Waals surface area contributed by atoms with Crippen LogP contribution in [-0.4, -0.2) is 13.7 Å². The van der Waals surface area contributed by atoms with E-state index in [0.717, 1.165) is 28.6 Å². The Morgan fingerprint density at radius 1 is 1.40 bits per heavy atom.